The fraction of sp³-hybridized carbons (Fsp3) is 1.00. The van der Waals surface area contributed by atoms with E-state index in [1.54, 1.807) is 0 Å². The standard InChI is InChI=1S/C4H12Br2Si2/c1-7(2,3)8(4,5)6/h1-4H3. The molecule has 0 spiro atoms. The molecule has 0 aromatic rings. The van der Waals surface area contributed by atoms with E-state index in [0.717, 1.165) is 0 Å². The van der Waals surface area contributed by atoms with E-state index in [1.165, 1.54) is 0 Å². The molecule has 0 atom stereocenters. The van der Waals surface area contributed by atoms with Gasteiger partial charge in [0.2, 0.25) is 0 Å². The number of halogens is 2. The zero-order chi connectivity index (χ0) is 7.00. The molecule has 0 fully saturated rings. The molecule has 0 aromatic carbocycles. The van der Waals surface area contributed by atoms with E-state index in [0.29, 0.717) is 0 Å². The Labute approximate surface area is 69.0 Å². The normalized spacial score (nSPS) is 14.2. The van der Waals surface area contributed by atoms with E-state index in [4.69, 9.17) is 0 Å². The Morgan fingerprint density at radius 3 is 1.00 bits per heavy atom. The van der Waals surface area contributed by atoms with Crippen molar-refractivity contribution in [3.05, 3.63) is 0 Å². The molecule has 0 heterocycles. The summed E-state index contributed by atoms with van der Waals surface area (Å²) in [6.07, 6.45) is 0. The second-order valence-corrected chi connectivity index (χ2v) is 34.0. The summed E-state index contributed by atoms with van der Waals surface area (Å²) in [5, 5.41) is 0. The molecule has 0 aliphatic carbocycles. The summed E-state index contributed by atoms with van der Waals surface area (Å²) in [6, 6.07) is 0. The van der Waals surface area contributed by atoms with Gasteiger partial charge in [-0.1, -0.05) is 26.2 Å². The molecule has 0 aromatic heterocycles. The fourth-order valence-corrected chi connectivity index (χ4v) is 0. The van der Waals surface area contributed by atoms with Crippen molar-refractivity contribution in [3.8, 4) is 0 Å². The van der Waals surface area contributed by atoms with Crippen molar-refractivity contribution in [2.45, 2.75) is 26.2 Å². The van der Waals surface area contributed by atoms with E-state index in [9.17, 15) is 0 Å². The number of hydrogen-bond acceptors (Lipinski definition) is 0. The van der Waals surface area contributed by atoms with Gasteiger partial charge in [0.15, 0.2) is 4.83 Å². The maximum Gasteiger partial charge on any atom is 0.187 e. The maximum atomic E-state index is 3.72. The molecular formula is C4H12Br2Si2. The molecular weight excluding hydrogens is 264 g/mol. The SMILES string of the molecule is C[Si](C)(C)[Si](C)(Br)Br. The molecule has 0 amide bonds. The van der Waals surface area contributed by atoms with Gasteiger partial charge >= 0.3 is 0 Å². The minimum Gasteiger partial charge on any atom is -0.115 e. The lowest BCUT2D eigenvalue weighted by atomic mass is 11.8. The molecule has 0 saturated heterocycles. The zero-order valence-electron chi connectivity index (χ0n) is 5.76. The molecule has 0 aliphatic heterocycles. The van der Waals surface area contributed by atoms with Crippen molar-refractivity contribution in [2.75, 3.05) is 0 Å². The Morgan fingerprint density at radius 1 is 0.875 bits per heavy atom. The summed E-state index contributed by atoms with van der Waals surface area (Å²) in [5.41, 5.74) is 0. The van der Waals surface area contributed by atoms with E-state index in [-0.39, 0.29) is 0 Å². The highest BCUT2D eigenvalue weighted by molar-refractivity contribution is 9.53. The van der Waals surface area contributed by atoms with Crippen LogP contribution in [0, 0.1) is 0 Å². The summed E-state index contributed by atoms with van der Waals surface area (Å²) < 4.78 is 0. The van der Waals surface area contributed by atoms with Gasteiger partial charge in [0.05, 0.1) is 7.59 Å². The number of hydrogen-bond donors (Lipinski definition) is 0. The first-order valence-corrected chi connectivity index (χ1v) is 14.1. The van der Waals surface area contributed by atoms with Crippen LogP contribution in [0.5, 0.6) is 0 Å². The minimum atomic E-state index is -1.09. The van der Waals surface area contributed by atoms with Gasteiger partial charge in [0.25, 0.3) is 0 Å². The molecule has 0 aliphatic rings. The van der Waals surface area contributed by atoms with Gasteiger partial charge in [-0.15, -0.1) is 30.6 Å². The van der Waals surface area contributed by atoms with Crippen molar-refractivity contribution < 1.29 is 0 Å². The largest absolute Gasteiger partial charge is 0.187 e. The van der Waals surface area contributed by atoms with Gasteiger partial charge in [-0.2, -0.15) is 0 Å². The van der Waals surface area contributed by atoms with Crippen LogP contribution in [-0.4, -0.2) is 12.4 Å². The third kappa shape index (κ3) is 2.80. The van der Waals surface area contributed by atoms with Crippen LogP contribution in [0.3, 0.4) is 0 Å². The van der Waals surface area contributed by atoms with Gasteiger partial charge in [-0.3, -0.25) is 0 Å². The van der Waals surface area contributed by atoms with E-state index < -0.39 is 12.4 Å². The van der Waals surface area contributed by atoms with Gasteiger partial charge < -0.3 is 0 Å². The molecule has 0 radical (unpaired) electrons. The molecule has 0 unspecified atom stereocenters. The lowest BCUT2D eigenvalue weighted by Gasteiger charge is -2.25. The quantitative estimate of drug-likeness (QED) is 0.509. The fourth-order valence-electron chi connectivity index (χ4n) is 0. The second kappa shape index (κ2) is 2.56. The predicted molar refractivity (Wildman–Crippen MR) is 52.8 cm³/mol. The smallest absolute Gasteiger partial charge is 0.115 e. The molecule has 0 bridgehead atoms. The summed E-state index contributed by atoms with van der Waals surface area (Å²) >= 11 is 7.43. The van der Waals surface area contributed by atoms with Crippen LogP contribution < -0.4 is 0 Å². The average Bonchev–Trinajstić information content (AvgIpc) is 1.25. The highest BCUT2D eigenvalue weighted by Crippen LogP contribution is 2.30. The van der Waals surface area contributed by atoms with Crippen molar-refractivity contribution in [2.24, 2.45) is 0 Å². The molecule has 8 heavy (non-hydrogen) atoms. The lowest BCUT2D eigenvalue weighted by Crippen LogP contribution is -2.44. The first kappa shape index (κ1) is 9.39. The van der Waals surface area contributed by atoms with Crippen LogP contribution in [0.1, 0.15) is 0 Å². The lowest BCUT2D eigenvalue weighted by molar-refractivity contribution is 1.84. The Kier molecular flexibility index (Phi) is 3.00. The first-order valence-electron chi connectivity index (χ1n) is 2.63. The summed E-state index contributed by atoms with van der Waals surface area (Å²) in [6.45, 7) is 9.44. The van der Waals surface area contributed by atoms with Crippen molar-refractivity contribution in [1.29, 1.82) is 0 Å². The van der Waals surface area contributed by atoms with Crippen LogP contribution in [0.4, 0.5) is 0 Å². The van der Waals surface area contributed by atoms with Crippen molar-refractivity contribution >= 4 is 43.0 Å². The molecule has 0 rings (SSSR count). The minimum absolute atomic E-state index is 0.887. The van der Waals surface area contributed by atoms with Crippen LogP contribution >= 0.6 is 30.6 Å². The summed E-state index contributed by atoms with van der Waals surface area (Å²) in [7, 11) is -0.887. The zero-order valence-corrected chi connectivity index (χ0v) is 10.9. The van der Waals surface area contributed by atoms with Crippen LogP contribution in [0.15, 0.2) is 0 Å². The third-order valence-electron chi connectivity index (χ3n) is 1.32. The van der Waals surface area contributed by atoms with Gasteiger partial charge in [0.1, 0.15) is 0 Å². The molecule has 0 nitrogen and oxygen atoms in total. The molecule has 0 saturated carbocycles. The van der Waals surface area contributed by atoms with E-state index in [1.807, 2.05) is 0 Å². The molecule has 4 heteroatoms. The van der Waals surface area contributed by atoms with E-state index in [2.05, 4.69) is 56.8 Å². The monoisotopic (exact) mass is 274 g/mol. The van der Waals surface area contributed by atoms with E-state index >= 15 is 0 Å². The Hall–Kier alpha value is 1.39. The number of rotatable bonds is 1. The van der Waals surface area contributed by atoms with Crippen LogP contribution in [-0.2, 0) is 0 Å². The Bertz CT molecular complexity index is 67.0. The van der Waals surface area contributed by atoms with Gasteiger partial charge in [0, 0.05) is 0 Å². The highest BCUT2D eigenvalue weighted by Gasteiger charge is 2.36. The topological polar surface area (TPSA) is 0 Å². The summed E-state index contributed by atoms with van der Waals surface area (Å²) in [5.74, 6) is 0. The molecule has 0 N–H and O–H groups in total. The summed E-state index contributed by atoms with van der Waals surface area (Å²) in [4.78, 5) is -1.09. The van der Waals surface area contributed by atoms with Gasteiger partial charge in [-0.05, 0) is 0 Å². The highest BCUT2D eigenvalue weighted by atomic mass is 79.9. The van der Waals surface area contributed by atoms with Crippen LogP contribution in [0.2, 0.25) is 26.2 Å². The Balaban J connectivity index is 4.02. The predicted octanol–water partition coefficient (Wildman–Crippen LogP) is 3.26. The third-order valence-corrected chi connectivity index (χ3v) is 33.3. The molecule has 50 valence electrons. The van der Waals surface area contributed by atoms with Crippen molar-refractivity contribution in [3.63, 3.8) is 0 Å². The van der Waals surface area contributed by atoms with Crippen molar-refractivity contribution in [1.82, 2.24) is 0 Å². The maximum absolute atomic E-state index is 3.72. The average molecular weight is 276 g/mol. The van der Waals surface area contributed by atoms with Crippen LogP contribution in [0.25, 0.3) is 0 Å². The first-order chi connectivity index (χ1) is 3.25. The Morgan fingerprint density at radius 2 is 1.00 bits per heavy atom. The van der Waals surface area contributed by atoms with Gasteiger partial charge in [-0.25, -0.2) is 0 Å². The second-order valence-electron chi connectivity index (χ2n) is 3.14.